The highest BCUT2D eigenvalue weighted by atomic mass is 35.5. The molecule has 2 aromatic carbocycles. The highest BCUT2D eigenvalue weighted by Crippen LogP contribution is 2.44. The highest BCUT2D eigenvalue weighted by molar-refractivity contribution is 6.32. The molecule has 154 valence electrons. The third kappa shape index (κ3) is 3.85. The maximum Gasteiger partial charge on any atom is 0.573 e. The van der Waals surface area contributed by atoms with E-state index in [4.69, 9.17) is 16.3 Å². The number of benzene rings is 2. The Morgan fingerprint density at radius 3 is 2.43 bits per heavy atom. The van der Waals surface area contributed by atoms with Crippen LogP contribution < -0.4 is 14.8 Å². The Morgan fingerprint density at radius 1 is 1.23 bits per heavy atom. The molecule has 0 fully saturated rings. The number of alkyl halides is 3. The van der Waals surface area contributed by atoms with Crippen molar-refractivity contribution in [3.63, 3.8) is 0 Å². The van der Waals surface area contributed by atoms with Crippen molar-refractivity contribution in [2.75, 3.05) is 0 Å². The summed E-state index contributed by atoms with van der Waals surface area (Å²) in [6.07, 6.45) is -4.86. The average Bonchev–Trinajstić information content (AvgIpc) is 3.09. The number of ether oxygens (including phenoxy) is 2. The number of nitrogens with zero attached hydrogens (tertiary/aromatic N) is 2. The molecule has 2 atom stereocenters. The summed E-state index contributed by atoms with van der Waals surface area (Å²) in [4.78, 5) is 12.7. The lowest BCUT2D eigenvalue weighted by atomic mass is 9.79. The summed E-state index contributed by atoms with van der Waals surface area (Å²) in [5.41, 5.74) is -2.99. The van der Waals surface area contributed by atoms with Crippen LogP contribution in [-0.2, 0) is 6.42 Å². The summed E-state index contributed by atoms with van der Waals surface area (Å²) < 4.78 is 46.3. The number of amides is 1. The molecule has 1 aliphatic rings. The largest absolute Gasteiger partial charge is 0.573 e. The zero-order chi connectivity index (χ0) is 22.2. The fraction of sp³-hybridized carbons (Fsp3) is 0.250. The van der Waals surface area contributed by atoms with Crippen LogP contribution in [0.15, 0.2) is 42.5 Å². The Bertz CT molecular complexity index is 1080. The van der Waals surface area contributed by atoms with Crippen molar-refractivity contribution in [1.82, 2.24) is 5.32 Å². The van der Waals surface area contributed by atoms with Crippen molar-refractivity contribution in [2.24, 2.45) is 0 Å². The van der Waals surface area contributed by atoms with E-state index in [-0.39, 0.29) is 22.8 Å². The highest BCUT2D eigenvalue weighted by Gasteiger charge is 2.57. The van der Waals surface area contributed by atoms with E-state index >= 15 is 0 Å². The molecule has 0 saturated heterocycles. The molecule has 0 aromatic heterocycles. The quantitative estimate of drug-likeness (QED) is 0.778. The molecule has 1 aliphatic heterocycles. The first-order valence-corrected chi connectivity index (χ1v) is 8.87. The summed E-state index contributed by atoms with van der Waals surface area (Å²) in [7, 11) is 0. The number of carbonyl (C=O) groups is 1. The summed E-state index contributed by atoms with van der Waals surface area (Å²) in [6.45, 7) is 1.33. The fourth-order valence-corrected chi connectivity index (χ4v) is 3.30. The molecule has 1 heterocycles. The van der Waals surface area contributed by atoms with Crippen LogP contribution in [0.3, 0.4) is 0 Å². The predicted molar refractivity (Wildman–Crippen MR) is 98.7 cm³/mol. The standard InChI is InChI=1S/C20H13ClF3N3O3/c1-18(10-25,19(11-26)9-13-3-2-4-15(21)16(13)30-19)27-17(28)12-5-7-14(8-6-12)29-20(22,23)24/h2-8H,9H2,1H3,(H,27,28)/t18-,19-/m1/s1. The molecule has 0 bridgehead atoms. The molecule has 30 heavy (non-hydrogen) atoms. The van der Waals surface area contributed by atoms with Crippen LogP contribution >= 0.6 is 11.6 Å². The fourth-order valence-electron chi connectivity index (χ4n) is 3.06. The van der Waals surface area contributed by atoms with Gasteiger partial charge in [0.1, 0.15) is 17.6 Å². The lowest BCUT2D eigenvalue weighted by Gasteiger charge is -2.35. The second-order valence-corrected chi connectivity index (χ2v) is 7.12. The second-order valence-electron chi connectivity index (χ2n) is 6.71. The summed E-state index contributed by atoms with van der Waals surface area (Å²) in [5, 5.41) is 22.3. The van der Waals surface area contributed by atoms with E-state index in [0.717, 1.165) is 24.3 Å². The minimum Gasteiger partial charge on any atom is -0.467 e. The van der Waals surface area contributed by atoms with E-state index in [1.807, 2.05) is 12.1 Å². The van der Waals surface area contributed by atoms with E-state index in [0.29, 0.717) is 5.56 Å². The van der Waals surface area contributed by atoms with Crippen molar-refractivity contribution in [2.45, 2.75) is 30.8 Å². The maximum absolute atomic E-state index is 12.7. The van der Waals surface area contributed by atoms with Gasteiger partial charge in [-0.2, -0.15) is 10.5 Å². The van der Waals surface area contributed by atoms with Gasteiger partial charge >= 0.3 is 6.36 Å². The molecular weight excluding hydrogens is 423 g/mol. The summed E-state index contributed by atoms with van der Waals surface area (Å²) in [5.74, 6) is -1.03. The average molecular weight is 436 g/mol. The van der Waals surface area contributed by atoms with Crippen LogP contribution in [-0.4, -0.2) is 23.4 Å². The van der Waals surface area contributed by atoms with Crippen molar-refractivity contribution in [1.29, 1.82) is 10.5 Å². The van der Waals surface area contributed by atoms with Gasteiger partial charge in [0.05, 0.1) is 11.1 Å². The lowest BCUT2D eigenvalue weighted by molar-refractivity contribution is -0.274. The number of carbonyl (C=O) groups excluding carboxylic acids is 1. The van der Waals surface area contributed by atoms with E-state index in [1.54, 1.807) is 18.2 Å². The first-order valence-electron chi connectivity index (χ1n) is 8.50. The molecule has 10 heteroatoms. The predicted octanol–water partition coefficient (Wildman–Crippen LogP) is 4.15. The molecule has 0 unspecified atom stereocenters. The lowest BCUT2D eigenvalue weighted by Crippen LogP contribution is -2.63. The number of nitriles is 2. The first kappa shape index (κ1) is 21.3. The van der Waals surface area contributed by atoms with Gasteiger partial charge in [-0.15, -0.1) is 13.2 Å². The summed E-state index contributed by atoms with van der Waals surface area (Å²) in [6, 6.07) is 13.0. The zero-order valence-corrected chi connectivity index (χ0v) is 16.1. The third-order valence-corrected chi connectivity index (χ3v) is 4.99. The van der Waals surface area contributed by atoms with Crippen molar-refractivity contribution in [3.8, 4) is 23.6 Å². The number of hydrogen-bond donors (Lipinski definition) is 1. The van der Waals surface area contributed by atoms with Gasteiger partial charge in [0.25, 0.3) is 5.91 Å². The summed E-state index contributed by atoms with van der Waals surface area (Å²) >= 11 is 6.11. The van der Waals surface area contributed by atoms with Crippen LogP contribution in [0.2, 0.25) is 5.02 Å². The van der Waals surface area contributed by atoms with Crippen molar-refractivity contribution < 1.29 is 27.4 Å². The first-order chi connectivity index (χ1) is 14.0. The van der Waals surface area contributed by atoms with E-state index in [2.05, 4.69) is 10.1 Å². The van der Waals surface area contributed by atoms with Crippen LogP contribution in [0.25, 0.3) is 0 Å². The molecule has 6 nitrogen and oxygen atoms in total. The number of rotatable bonds is 4. The Kier molecular flexibility index (Phi) is 5.27. The number of nitrogens with one attached hydrogen (secondary N) is 1. The molecule has 0 spiro atoms. The third-order valence-electron chi connectivity index (χ3n) is 4.69. The molecular formula is C20H13ClF3N3O3. The number of para-hydroxylation sites is 1. The molecule has 1 amide bonds. The molecule has 3 rings (SSSR count). The minimum atomic E-state index is -4.86. The van der Waals surface area contributed by atoms with Gasteiger partial charge in [-0.05, 0) is 37.3 Å². The van der Waals surface area contributed by atoms with Crippen molar-refractivity contribution >= 4 is 17.5 Å². The monoisotopic (exact) mass is 435 g/mol. The molecule has 0 radical (unpaired) electrons. The van der Waals surface area contributed by atoms with Gasteiger partial charge in [0.15, 0.2) is 5.54 Å². The van der Waals surface area contributed by atoms with Gasteiger partial charge in [0.2, 0.25) is 5.60 Å². The van der Waals surface area contributed by atoms with E-state index in [9.17, 15) is 28.5 Å². The molecule has 0 saturated carbocycles. The van der Waals surface area contributed by atoms with Gasteiger partial charge in [-0.1, -0.05) is 23.7 Å². The Labute approximate surface area is 174 Å². The number of hydrogen-bond acceptors (Lipinski definition) is 5. The SMILES string of the molecule is C[C@](C#N)(NC(=O)c1ccc(OC(F)(F)F)cc1)[C@]1(C#N)Cc2cccc(Cl)c2O1. The van der Waals surface area contributed by atoms with Crippen LogP contribution in [0.1, 0.15) is 22.8 Å². The van der Waals surface area contributed by atoms with Gasteiger partial charge in [0, 0.05) is 17.5 Å². The maximum atomic E-state index is 12.7. The van der Waals surface area contributed by atoms with Crippen molar-refractivity contribution in [3.05, 3.63) is 58.6 Å². The molecule has 2 aromatic rings. The van der Waals surface area contributed by atoms with E-state index < -0.39 is 29.2 Å². The number of fused-ring (bicyclic) bond motifs is 1. The number of halogens is 4. The van der Waals surface area contributed by atoms with Gasteiger partial charge < -0.3 is 14.8 Å². The van der Waals surface area contributed by atoms with Crippen LogP contribution in [0.4, 0.5) is 13.2 Å². The van der Waals surface area contributed by atoms with Gasteiger partial charge in [-0.25, -0.2) is 0 Å². The Morgan fingerprint density at radius 2 is 1.90 bits per heavy atom. The topological polar surface area (TPSA) is 95.1 Å². The second kappa shape index (κ2) is 7.43. The minimum absolute atomic E-state index is 0.00208. The molecule has 0 aliphatic carbocycles. The van der Waals surface area contributed by atoms with Crippen LogP contribution in [0, 0.1) is 22.7 Å². The van der Waals surface area contributed by atoms with Crippen LogP contribution in [0.5, 0.6) is 11.5 Å². The Balaban J connectivity index is 1.85. The Hall–Kier alpha value is -3.43. The zero-order valence-electron chi connectivity index (χ0n) is 15.4. The van der Waals surface area contributed by atoms with E-state index in [1.165, 1.54) is 6.92 Å². The normalized spacial score (nSPS) is 19.4. The smallest absolute Gasteiger partial charge is 0.467 e. The molecule has 1 N–H and O–H groups in total. The van der Waals surface area contributed by atoms with Gasteiger partial charge in [-0.3, -0.25) is 4.79 Å².